The number of benzene rings is 2. The van der Waals surface area contributed by atoms with Crippen LogP contribution >= 0.6 is 0 Å². The third-order valence-electron chi connectivity index (χ3n) is 4.48. The number of ketones is 1. The first-order valence-corrected chi connectivity index (χ1v) is 8.36. The Morgan fingerprint density at radius 3 is 1.41 bits per heavy atom. The van der Waals surface area contributed by atoms with E-state index in [1.807, 2.05) is 12.1 Å². The van der Waals surface area contributed by atoms with Gasteiger partial charge in [0.25, 0.3) is 0 Å². The molecule has 0 saturated carbocycles. The molecule has 0 aliphatic rings. The molecule has 1 heteroatoms. The largest absolute Gasteiger partial charge is 0.300 e. The Labute approximate surface area is 134 Å². The molecule has 0 amide bonds. The standard InChI is InChI=1S/C21H26O/c1-3-17(19-11-7-5-8-12-19)15-21(22)16-18(4-2)20-13-9-6-10-14-20/h5-14,17-18H,3-4,15-16H2,1-2H3. The predicted molar refractivity (Wildman–Crippen MR) is 93.2 cm³/mol. The molecule has 22 heavy (non-hydrogen) atoms. The van der Waals surface area contributed by atoms with Gasteiger partial charge in [0.05, 0.1) is 0 Å². The summed E-state index contributed by atoms with van der Waals surface area (Å²) in [6.45, 7) is 4.33. The molecule has 0 aliphatic heterocycles. The van der Waals surface area contributed by atoms with Crippen LogP contribution in [-0.2, 0) is 4.79 Å². The van der Waals surface area contributed by atoms with Crippen LogP contribution in [0.5, 0.6) is 0 Å². The summed E-state index contributed by atoms with van der Waals surface area (Å²) in [4.78, 5) is 12.5. The molecule has 0 radical (unpaired) electrons. The molecular weight excluding hydrogens is 268 g/mol. The molecule has 0 spiro atoms. The molecule has 116 valence electrons. The summed E-state index contributed by atoms with van der Waals surface area (Å²) in [5.74, 6) is 1.08. The Bertz CT molecular complexity index is 507. The third kappa shape index (κ3) is 4.56. The van der Waals surface area contributed by atoms with E-state index >= 15 is 0 Å². The highest BCUT2D eigenvalue weighted by atomic mass is 16.1. The highest BCUT2D eigenvalue weighted by molar-refractivity contribution is 5.80. The number of hydrogen-bond acceptors (Lipinski definition) is 1. The van der Waals surface area contributed by atoms with Gasteiger partial charge in [0.1, 0.15) is 5.78 Å². The van der Waals surface area contributed by atoms with Crippen molar-refractivity contribution in [1.82, 2.24) is 0 Å². The van der Waals surface area contributed by atoms with Crippen molar-refractivity contribution in [3.63, 3.8) is 0 Å². The van der Waals surface area contributed by atoms with E-state index in [2.05, 4.69) is 62.4 Å². The molecule has 0 fully saturated rings. The highest BCUT2D eigenvalue weighted by Crippen LogP contribution is 2.28. The van der Waals surface area contributed by atoms with Gasteiger partial charge in [-0.05, 0) is 35.8 Å². The van der Waals surface area contributed by atoms with Crippen molar-refractivity contribution in [1.29, 1.82) is 0 Å². The molecule has 2 atom stereocenters. The van der Waals surface area contributed by atoms with E-state index in [-0.39, 0.29) is 0 Å². The van der Waals surface area contributed by atoms with Gasteiger partial charge in [-0.2, -0.15) is 0 Å². The van der Waals surface area contributed by atoms with Crippen LogP contribution in [0.15, 0.2) is 60.7 Å². The predicted octanol–water partition coefficient (Wildman–Crippen LogP) is 5.72. The molecule has 0 aliphatic carbocycles. The van der Waals surface area contributed by atoms with Gasteiger partial charge < -0.3 is 0 Å². The van der Waals surface area contributed by atoms with E-state index in [0.717, 1.165) is 12.8 Å². The van der Waals surface area contributed by atoms with Crippen molar-refractivity contribution in [3.05, 3.63) is 71.8 Å². The number of hydrogen-bond donors (Lipinski definition) is 0. The quantitative estimate of drug-likeness (QED) is 0.608. The summed E-state index contributed by atoms with van der Waals surface area (Å²) < 4.78 is 0. The van der Waals surface area contributed by atoms with E-state index in [1.165, 1.54) is 11.1 Å². The van der Waals surface area contributed by atoms with Crippen molar-refractivity contribution in [3.8, 4) is 0 Å². The molecular formula is C21H26O. The van der Waals surface area contributed by atoms with Gasteiger partial charge in [-0.25, -0.2) is 0 Å². The summed E-state index contributed by atoms with van der Waals surface area (Å²) in [6.07, 6.45) is 3.34. The maximum absolute atomic E-state index is 12.5. The topological polar surface area (TPSA) is 17.1 Å². The van der Waals surface area contributed by atoms with Gasteiger partial charge in [-0.3, -0.25) is 4.79 Å². The van der Waals surface area contributed by atoms with Crippen LogP contribution in [0, 0.1) is 0 Å². The summed E-state index contributed by atoms with van der Waals surface area (Å²) in [5, 5.41) is 0. The molecule has 0 bridgehead atoms. The SMILES string of the molecule is CCC(CC(=O)CC(CC)c1ccccc1)c1ccccc1. The first-order valence-electron chi connectivity index (χ1n) is 8.36. The lowest BCUT2D eigenvalue weighted by molar-refractivity contribution is -0.119. The minimum atomic E-state index is 0.349. The Hall–Kier alpha value is -1.89. The fraction of sp³-hybridized carbons (Fsp3) is 0.381. The fourth-order valence-electron chi connectivity index (χ4n) is 3.08. The van der Waals surface area contributed by atoms with Crippen LogP contribution in [0.2, 0.25) is 0 Å². The molecule has 0 heterocycles. The Kier molecular flexibility index (Phi) is 6.39. The average molecular weight is 294 g/mol. The molecule has 2 aromatic rings. The van der Waals surface area contributed by atoms with Crippen LogP contribution in [0.25, 0.3) is 0 Å². The van der Waals surface area contributed by atoms with Crippen molar-refractivity contribution in [2.45, 2.75) is 51.4 Å². The summed E-state index contributed by atoms with van der Waals surface area (Å²) in [7, 11) is 0. The smallest absolute Gasteiger partial charge is 0.134 e. The zero-order valence-electron chi connectivity index (χ0n) is 13.7. The number of carbonyl (C=O) groups excluding carboxylic acids is 1. The average Bonchev–Trinajstić information content (AvgIpc) is 2.59. The lowest BCUT2D eigenvalue weighted by Gasteiger charge is -2.18. The molecule has 2 unspecified atom stereocenters. The summed E-state index contributed by atoms with van der Waals surface area (Å²) >= 11 is 0. The normalized spacial score (nSPS) is 13.5. The minimum absolute atomic E-state index is 0.349. The molecule has 2 aromatic carbocycles. The van der Waals surface area contributed by atoms with Crippen LogP contribution in [0.4, 0.5) is 0 Å². The second-order valence-corrected chi connectivity index (χ2v) is 5.98. The van der Waals surface area contributed by atoms with Gasteiger partial charge >= 0.3 is 0 Å². The van der Waals surface area contributed by atoms with Crippen molar-refractivity contribution < 1.29 is 4.79 Å². The van der Waals surface area contributed by atoms with Gasteiger partial charge in [0.2, 0.25) is 0 Å². The number of Topliss-reactive ketones (excluding diaryl/α,β-unsaturated/α-hetero) is 1. The third-order valence-corrected chi connectivity index (χ3v) is 4.48. The molecule has 1 nitrogen and oxygen atoms in total. The first kappa shape index (κ1) is 16.5. The Balaban J connectivity index is 1.99. The number of rotatable bonds is 8. The Morgan fingerprint density at radius 1 is 0.727 bits per heavy atom. The maximum Gasteiger partial charge on any atom is 0.134 e. The molecule has 2 rings (SSSR count). The van der Waals surface area contributed by atoms with Crippen molar-refractivity contribution >= 4 is 5.78 Å². The van der Waals surface area contributed by atoms with E-state index in [4.69, 9.17) is 0 Å². The minimum Gasteiger partial charge on any atom is -0.300 e. The van der Waals surface area contributed by atoms with Crippen LogP contribution in [-0.4, -0.2) is 5.78 Å². The van der Waals surface area contributed by atoms with Gasteiger partial charge in [-0.1, -0.05) is 74.5 Å². The van der Waals surface area contributed by atoms with Crippen LogP contribution in [0.1, 0.15) is 62.5 Å². The lowest BCUT2D eigenvalue weighted by Crippen LogP contribution is -2.11. The molecule has 0 N–H and O–H groups in total. The van der Waals surface area contributed by atoms with Gasteiger partial charge in [0.15, 0.2) is 0 Å². The monoisotopic (exact) mass is 294 g/mol. The zero-order valence-corrected chi connectivity index (χ0v) is 13.7. The molecule has 0 aromatic heterocycles. The first-order chi connectivity index (χ1) is 10.7. The maximum atomic E-state index is 12.5. The second-order valence-electron chi connectivity index (χ2n) is 5.98. The van der Waals surface area contributed by atoms with E-state index < -0.39 is 0 Å². The van der Waals surface area contributed by atoms with E-state index in [9.17, 15) is 4.79 Å². The lowest BCUT2D eigenvalue weighted by atomic mass is 9.86. The van der Waals surface area contributed by atoms with E-state index in [0.29, 0.717) is 30.5 Å². The van der Waals surface area contributed by atoms with E-state index in [1.54, 1.807) is 0 Å². The number of carbonyl (C=O) groups is 1. The Morgan fingerprint density at radius 2 is 1.09 bits per heavy atom. The van der Waals surface area contributed by atoms with Crippen LogP contribution in [0.3, 0.4) is 0 Å². The zero-order chi connectivity index (χ0) is 15.8. The van der Waals surface area contributed by atoms with Crippen molar-refractivity contribution in [2.24, 2.45) is 0 Å². The molecule has 0 saturated heterocycles. The summed E-state index contributed by atoms with van der Waals surface area (Å²) in [5.41, 5.74) is 2.57. The fourth-order valence-corrected chi connectivity index (χ4v) is 3.08. The van der Waals surface area contributed by atoms with Gasteiger partial charge in [-0.15, -0.1) is 0 Å². The van der Waals surface area contributed by atoms with Crippen molar-refractivity contribution in [2.75, 3.05) is 0 Å². The second kappa shape index (κ2) is 8.53. The van der Waals surface area contributed by atoms with Gasteiger partial charge in [0, 0.05) is 12.8 Å². The van der Waals surface area contributed by atoms with Crippen LogP contribution < -0.4 is 0 Å². The highest BCUT2D eigenvalue weighted by Gasteiger charge is 2.18. The summed E-state index contributed by atoms with van der Waals surface area (Å²) in [6, 6.07) is 20.8.